The van der Waals surface area contributed by atoms with Crippen molar-refractivity contribution >= 4 is 17.4 Å². The van der Waals surface area contributed by atoms with Crippen LogP contribution in [0.3, 0.4) is 0 Å². The van der Waals surface area contributed by atoms with Gasteiger partial charge in [0.25, 0.3) is 5.91 Å². The molecular weight excluding hydrogens is 349 g/mol. The molecule has 0 unspecified atom stereocenters. The molecule has 6 nitrogen and oxygen atoms in total. The molecule has 1 aromatic carbocycles. The van der Waals surface area contributed by atoms with Crippen LogP contribution in [0.2, 0.25) is 0 Å². The molecule has 0 saturated heterocycles. The summed E-state index contributed by atoms with van der Waals surface area (Å²) < 4.78 is 42.7. The lowest BCUT2D eigenvalue weighted by atomic mass is 10.2. The largest absolute Gasteiger partial charge is 0.416 e. The number of benzene rings is 1. The Morgan fingerprint density at radius 3 is 2.50 bits per heavy atom. The minimum atomic E-state index is -4.39. The second-order valence-electron chi connectivity index (χ2n) is 5.49. The van der Waals surface area contributed by atoms with E-state index < -0.39 is 11.7 Å². The summed E-state index contributed by atoms with van der Waals surface area (Å²) in [6.45, 7) is 2.60. The van der Waals surface area contributed by atoms with Crippen LogP contribution in [-0.2, 0) is 10.9 Å². The fourth-order valence-corrected chi connectivity index (χ4v) is 2.15. The zero-order valence-electron chi connectivity index (χ0n) is 14.4. The summed E-state index contributed by atoms with van der Waals surface area (Å²) >= 11 is 0. The van der Waals surface area contributed by atoms with Gasteiger partial charge >= 0.3 is 6.18 Å². The van der Waals surface area contributed by atoms with Crippen molar-refractivity contribution < 1.29 is 22.7 Å². The quantitative estimate of drug-likeness (QED) is 0.734. The van der Waals surface area contributed by atoms with E-state index in [4.69, 9.17) is 4.74 Å². The van der Waals surface area contributed by atoms with Gasteiger partial charge in [0.1, 0.15) is 17.3 Å². The lowest BCUT2D eigenvalue weighted by Gasteiger charge is -2.11. The molecule has 0 fully saturated rings. The van der Waals surface area contributed by atoms with Crippen molar-refractivity contribution in [2.24, 2.45) is 0 Å². The van der Waals surface area contributed by atoms with Crippen molar-refractivity contribution in [1.29, 1.82) is 0 Å². The Morgan fingerprint density at radius 1 is 1.19 bits per heavy atom. The number of nitrogens with zero attached hydrogens (tertiary/aromatic N) is 2. The number of carbonyl (C=O) groups is 1. The molecule has 1 aromatic heterocycles. The number of rotatable bonds is 7. The van der Waals surface area contributed by atoms with E-state index >= 15 is 0 Å². The Balaban J connectivity index is 2.08. The van der Waals surface area contributed by atoms with E-state index in [-0.39, 0.29) is 11.6 Å². The van der Waals surface area contributed by atoms with Gasteiger partial charge in [0.2, 0.25) is 0 Å². The van der Waals surface area contributed by atoms with Gasteiger partial charge in [-0.15, -0.1) is 0 Å². The Labute approximate surface area is 148 Å². The number of hydrogen-bond acceptors (Lipinski definition) is 5. The fraction of sp³-hybridized carbons (Fsp3) is 0.353. The molecule has 26 heavy (non-hydrogen) atoms. The Kier molecular flexibility index (Phi) is 6.51. The second kappa shape index (κ2) is 8.61. The molecule has 0 aliphatic heterocycles. The van der Waals surface area contributed by atoms with Gasteiger partial charge in [0.15, 0.2) is 0 Å². The van der Waals surface area contributed by atoms with Crippen molar-refractivity contribution in [3.05, 3.63) is 47.4 Å². The zero-order valence-corrected chi connectivity index (χ0v) is 14.4. The second-order valence-corrected chi connectivity index (χ2v) is 5.49. The molecule has 140 valence electrons. The number of carbonyl (C=O) groups excluding carboxylic acids is 1. The Morgan fingerprint density at radius 2 is 1.88 bits per heavy atom. The molecule has 0 saturated carbocycles. The molecule has 9 heteroatoms. The van der Waals surface area contributed by atoms with Crippen LogP contribution in [0.4, 0.5) is 24.7 Å². The third-order valence-electron chi connectivity index (χ3n) is 3.37. The average molecular weight is 368 g/mol. The molecule has 0 aliphatic rings. The van der Waals surface area contributed by atoms with Crippen LogP contribution < -0.4 is 10.6 Å². The number of halogens is 3. The van der Waals surface area contributed by atoms with E-state index in [0.29, 0.717) is 36.9 Å². The van der Waals surface area contributed by atoms with Gasteiger partial charge in [0.05, 0.1) is 5.56 Å². The molecule has 0 atom stereocenters. The van der Waals surface area contributed by atoms with Gasteiger partial charge in [-0.3, -0.25) is 4.79 Å². The molecular formula is C17H19F3N4O2. The smallest absolute Gasteiger partial charge is 0.385 e. The van der Waals surface area contributed by atoms with Gasteiger partial charge in [-0.2, -0.15) is 13.2 Å². The van der Waals surface area contributed by atoms with E-state index in [9.17, 15) is 18.0 Å². The maximum absolute atomic E-state index is 12.6. The van der Waals surface area contributed by atoms with Gasteiger partial charge < -0.3 is 15.4 Å². The summed E-state index contributed by atoms with van der Waals surface area (Å²) in [6, 6.07) is 5.98. The average Bonchev–Trinajstić information content (AvgIpc) is 2.57. The van der Waals surface area contributed by atoms with Gasteiger partial charge in [-0.1, -0.05) is 0 Å². The number of nitrogens with one attached hydrogen (secondary N) is 2. The summed E-state index contributed by atoms with van der Waals surface area (Å²) in [5, 5.41) is 5.59. The van der Waals surface area contributed by atoms with Crippen LogP contribution in [0.5, 0.6) is 0 Å². The highest BCUT2D eigenvalue weighted by atomic mass is 19.4. The maximum Gasteiger partial charge on any atom is 0.416 e. The van der Waals surface area contributed by atoms with Crippen molar-refractivity contribution in [2.75, 3.05) is 25.6 Å². The van der Waals surface area contributed by atoms with Gasteiger partial charge in [-0.25, -0.2) is 9.97 Å². The highest BCUT2D eigenvalue weighted by Gasteiger charge is 2.29. The first-order chi connectivity index (χ1) is 12.3. The standard InChI is InChI=1S/C17H19F3N4O2/c1-11-22-14(16(25)21-8-3-9-26-2)10-15(23-11)24-13-6-4-12(5-7-13)17(18,19)20/h4-7,10H,3,8-9H2,1-2H3,(H,21,25)(H,22,23,24). The number of aryl methyl sites for hydroxylation is 1. The monoisotopic (exact) mass is 368 g/mol. The van der Waals surface area contributed by atoms with Crippen LogP contribution in [0.25, 0.3) is 0 Å². The van der Waals surface area contributed by atoms with E-state index in [2.05, 4.69) is 20.6 Å². The van der Waals surface area contributed by atoms with Crippen LogP contribution in [0.1, 0.15) is 28.3 Å². The molecule has 0 radical (unpaired) electrons. The molecule has 0 spiro atoms. The first kappa shape index (κ1) is 19.6. The van der Waals surface area contributed by atoms with Gasteiger partial charge in [0, 0.05) is 32.0 Å². The molecule has 0 aliphatic carbocycles. The molecule has 1 heterocycles. The summed E-state index contributed by atoms with van der Waals surface area (Å²) in [7, 11) is 1.58. The van der Waals surface area contributed by atoms with Crippen LogP contribution in [0, 0.1) is 6.92 Å². The first-order valence-electron chi connectivity index (χ1n) is 7.86. The normalized spacial score (nSPS) is 11.3. The molecule has 2 rings (SSSR count). The SMILES string of the molecule is COCCCNC(=O)c1cc(Nc2ccc(C(F)(F)F)cc2)nc(C)n1. The topological polar surface area (TPSA) is 76.1 Å². The van der Waals surface area contributed by atoms with Crippen molar-refractivity contribution in [3.8, 4) is 0 Å². The third-order valence-corrected chi connectivity index (χ3v) is 3.37. The van der Waals surface area contributed by atoms with Crippen molar-refractivity contribution in [3.63, 3.8) is 0 Å². The summed E-state index contributed by atoms with van der Waals surface area (Å²) in [5.74, 6) is 0.324. The van der Waals surface area contributed by atoms with Crippen molar-refractivity contribution in [2.45, 2.75) is 19.5 Å². The number of ether oxygens (including phenoxy) is 1. The Bertz CT molecular complexity index is 749. The molecule has 2 aromatic rings. The van der Waals surface area contributed by atoms with E-state index in [0.717, 1.165) is 12.1 Å². The number of amides is 1. The molecule has 2 N–H and O–H groups in total. The molecule has 0 bridgehead atoms. The van der Waals surface area contributed by atoms with E-state index in [1.165, 1.54) is 18.2 Å². The maximum atomic E-state index is 12.6. The predicted octanol–water partition coefficient (Wildman–Crippen LogP) is 3.31. The van der Waals surface area contributed by atoms with E-state index in [1.807, 2.05) is 0 Å². The number of methoxy groups -OCH3 is 1. The summed E-state index contributed by atoms with van der Waals surface area (Å²) in [6.07, 6.45) is -3.72. The third kappa shape index (κ3) is 5.69. The van der Waals surface area contributed by atoms with Gasteiger partial charge in [-0.05, 0) is 37.6 Å². The number of anilines is 2. The number of hydrogen-bond donors (Lipinski definition) is 2. The number of aromatic nitrogens is 2. The van der Waals surface area contributed by atoms with Crippen LogP contribution in [0.15, 0.2) is 30.3 Å². The summed E-state index contributed by atoms with van der Waals surface area (Å²) in [5.41, 5.74) is -0.148. The first-order valence-corrected chi connectivity index (χ1v) is 7.86. The highest BCUT2D eigenvalue weighted by molar-refractivity contribution is 5.93. The Hall–Kier alpha value is -2.68. The van der Waals surface area contributed by atoms with Crippen LogP contribution in [-0.4, -0.2) is 36.1 Å². The lowest BCUT2D eigenvalue weighted by Crippen LogP contribution is -2.26. The fourth-order valence-electron chi connectivity index (χ4n) is 2.15. The summed E-state index contributed by atoms with van der Waals surface area (Å²) in [4.78, 5) is 20.4. The minimum absolute atomic E-state index is 0.171. The number of alkyl halides is 3. The predicted molar refractivity (Wildman–Crippen MR) is 90.3 cm³/mol. The molecule has 1 amide bonds. The van der Waals surface area contributed by atoms with E-state index in [1.54, 1.807) is 14.0 Å². The van der Waals surface area contributed by atoms with Crippen molar-refractivity contribution in [1.82, 2.24) is 15.3 Å². The lowest BCUT2D eigenvalue weighted by molar-refractivity contribution is -0.137. The minimum Gasteiger partial charge on any atom is -0.385 e. The van der Waals surface area contributed by atoms with Crippen LogP contribution >= 0.6 is 0 Å². The highest BCUT2D eigenvalue weighted by Crippen LogP contribution is 2.30. The zero-order chi connectivity index (χ0) is 19.2.